The van der Waals surface area contributed by atoms with Crippen LogP contribution in [0.3, 0.4) is 0 Å². The summed E-state index contributed by atoms with van der Waals surface area (Å²) in [5, 5.41) is 12.3. The van der Waals surface area contributed by atoms with Gasteiger partial charge in [0.2, 0.25) is 0 Å². The van der Waals surface area contributed by atoms with Crippen LogP contribution in [0.15, 0.2) is 34.1 Å². The molecular weight excluding hydrogens is 314 g/mol. The number of hydrogen-bond acceptors (Lipinski definition) is 4. The van der Waals surface area contributed by atoms with Crippen molar-refractivity contribution in [3.05, 3.63) is 44.6 Å². The predicted molar refractivity (Wildman–Crippen MR) is 78.1 cm³/mol. The van der Waals surface area contributed by atoms with Gasteiger partial charge in [-0.1, -0.05) is 12.1 Å². The minimum Gasteiger partial charge on any atom is -0.495 e. The molecule has 0 aliphatic carbocycles. The van der Waals surface area contributed by atoms with Crippen LogP contribution in [-0.4, -0.2) is 12.2 Å². The van der Waals surface area contributed by atoms with Crippen LogP contribution >= 0.6 is 27.3 Å². The van der Waals surface area contributed by atoms with Crippen LogP contribution in [0.2, 0.25) is 0 Å². The molecule has 0 amide bonds. The number of benzene rings is 1. The molecule has 0 radical (unpaired) electrons. The smallest absolute Gasteiger partial charge is 0.142 e. The summed E-state index contributed by atoms with van der Waals surface area (Å²) in [7, 11) is 1.57. The second-order valence-electron chi connectivity index (χ2n) is 3.87. The van der Waals surface area contributed by atoms with Crippen molar-refractivity contribution in [2.45, 2.75) is 12.5 Å². The van der Waals surface area contributed by atoms with Gasteiger partial charge in [0.25, 0.3) is 0 Å². The van der Waals surface area contributed by atoms with E-state index in [0.717, 1.165) is 9.35 Å². The van der Waals surface area contributed by atoms with Crippen LogP contribution in [0.5, 0.6) is 5.75 Å². The summed E-state index contributed by atoms with van der Waals surface area (Å²) in [6, 6.07) is 7.41. The Morgan fingerprint density at radius 3 is 2.83 bits per heavy atom. The van der Waals surface area contributed by atoms with Crippen LogP contribution in [0.25, 0.3) is 0 Å². The number of para-hydroxylation sites is 1. The number of halogens is 1. The van der Waals surface area contributed by atoms with Gasteiger partial charge in [-0.3, -0.25) is 0 Å². The lowest BCUT2D eigenvalue weighted by atomic mass is 10.0. The van der Waals surface area contributed by atoms with Crippen LogP contribution < -0.4 is 10.5 Å². The SMILES string of the molecule is COc1cccc(C(O)Cc2sccc2Br)c1N. The zero-order valence-corrected chi connectivity index (χ0v) is 12.3. The van der Waals surface area contributed by atoms with Gasteiger partial charge in [-0.05, 0) is 33.4 Å². The fourth-order valence-electron chi connectivity index (χ4n) is 1.79. The number of nitrogen functional groups attached to an aromatic ring is 1. The molecule has 96 valence electrons. The van der Waals surface area contributed by atoms with Crippen molar-refractivity contribution in [3.8, 4) is 5.75 Å². The summed E-state index contributed by atoms with van der Waals surface area (Å²) in [6.45, 7) is 0. The van der Waals surface area contributed by atoms with Gasteiger partial charge < -0.3 is 15.6 Å². The predicted octanol–water partition coefficient (Wildman–Crippen LogP) is 3.38. The van der Waals surface area contributed by atoms with E-state index in [1.807, 2.05) is 23.6 Å². The first-order valence-electron chi connectivity index (χ1n) is 5.45. The highest BCUT2D eigenvalue weighted by Crippen LogP contribution is 2.33. The van der Waals surface area contributed by atoms with E-state index in [-0.39, 0.29) is 0 Å². The second kappa shape index (κ2) is 5.73. The summed E-state index contributed by atoms with van der Waals surface area (Å²) in [5.41, 5.74) is 7.17. The van der Waals surface area contributed by atoms with E-state index >= 15 is 0 Å². The summed E-state index contributed by atoms with van der Waals surface area (Å²) in [5.74, 6) is 0.594. The highest BCUT2D eigenvalue weighted by Gasteiger charge is 2.16. The number of ether oxygens (including phenoxy) is 1. The van der Waals surface area contributed by atoms with Gasteiger partial charge in [0.15, 0.2) is 0 Å². The first-order chi connectivity index (χ1) is 8.63. The molecule has 2 aromatic rings. The molecule has 0 aliphatic rings. The van der Waals surface area contributed by atoms with E-state index in [1.165, 1.54) is 0 Å². The summed E-state index contributed by atoms with van der Waals surface area (Å²) < 4.78 is 6.17. The Labute approximate surface area is 118 Å². The maximum absolute atomic E-state index is 10.3. The molecule has 1 heterocycles. The van der Waals surface area contributed by atoms with E-state index in [4.69, 9.17) is 10.5 Å². The average Bonchev–Trinajstić information content (AvgIpc) is 2.75. The zero-order chi connectivity index (χ0) is 13.1. The van der Waals surface area contributed by atoms with Crippen molar-refractivity contribution in [2.24, 2.45) is 0 Å². The minimum absolute atomic E-state index is 0.500. The third-order valence-corrected chi connectivity index (χ3v) is 4.70. The minimum atomic E-state index is -0.630. The second-order valence-corrected chi connectivity index (χ2v) is 5.73. The number of methoxy groups -OCH3 is 1. The monoisotopic (exact) mass is 327 g/mol. The van der Waals surface area contributed by atoms with Crippen molar-refractivity contribution in [2.75, 3.05) is 12.8 Å². The molecule has 0 bridgehead atoms. The normalized spacial score (nSPS) is 12.4. The van der Waals surface area contributed by atoms with Crippen LogP contribution in [0.1, 0.15) is 16.5 Å². The molecule has 0 spiro atoms. The van der Waals surface area contributed by atoms with Gasteiger partial charge in [-0.25, -0.2) is 0 Å². The fraction of sp³-hybridized carbons (Fsp3) is 0.231. The Hall–Kier alpha value is -1.04. The quantitative estimate of drug-likeness (QED) is 0.846. The number of aliphatic hydroxyl groups is 1. The number of anilines is 1. The van der Waals surface area contributed by atoms with Gasteiger partial charge >= 0.3 is 0 Å². The highest BCUT2D eigenvalue weighted by atomic mass is 79.9. The Kier molecular flexibility index (Phi) is 4.27. The molecule has 5 heteroatoms. The van der Waals surface area contributed by atoms with E-state index < -0.39 is 6.10 Å². The Morgan fingerprint density at radius 2 is 2.22 bits per heavy atom. The lowest BCUT2D eigenvalue weighted by Gasteiger charge is -2.15. The molecule has 3 N–H and O–H groups in total. The van der Waals surface area contributed by atoms with Gasteiger partial charge in [0.05, 0.1) is 18.9 Å². The number of aliphatic hydroxyl groups excluding tert-OH is 1. The first kappa shape index (κ1) is 13.4. The van der Waals surface area contributed by atoms with Gasteiger partial charge in [0, 0.05) is 21.3 Å². The van der Waals surface area contributed by atoms with Gasteiger partial charge in [-0.2, -0.15) is 0 Å². The third kappa shape index (κ3) is 2.68. The summed E-state index contributed by atoms with van der Waals surface area (Å²) in [4.78, 5) is 1.10. The Balaban J connectivity index is 2.24. The van der Waals surface area contributed by atoms with Crippen molar-refractivity contribution in [1.29, 1.82) is 0 Å². The van der Waals surface area contributed by atoms with Crippen molar-refractivity contribution in [1.82, 2.24) is 0 Å². The average molecular weight is 328 g/mol. The molecule has 0 saturated carbocycles. The third-order valence-electron chi connectivity index (χ3n) is 2.75. The maximum Gasteiger partial charge on any atom is 0.142 e. The van der Waals surface area contributed by atoms with E-state index in [0.29, 0.717) is 23.4 Å². The highest BCUT2D eigenvalue weighted by molar-refractivity contribution is 9.10. The summed E-state index contributed by atoms with van der Waals surface area (Å²) >= 11 is 5.07. The molecule has 18 heavy (non-hydrogen) atoms. The standard InChI is InChI=1S/C13H14BrNO2S/c1-17-11-4-2-3-8(13(11)15)10(16)7-12-9(14)5-6-18-12/h2-6,10,16H,7,15H2,1H3. The molecule has 1 aromatic carbocycles. The van der Waals surface area contributed by atoms with E-state index in [1.54, 1.807) is 24.5 Å². The molecule has 0 fully saturated rings. The Bertz CT molecular complexity index is 542. The van der Waals surface area contributed by atoms with Crippen LogP contribution in [0, 0.1) is 0 Å². The molecule has 2 rings (SSSR count). The first-order valence-corrected chi connectivity index (χ1v) is 7.13. The molecule has 0 saturated heterocycles. The van der Waals surface area contributed by atoms with Crippen molar-refractivity contribution >= 4 is 33.0 Å². The molecule has 1 atom stereocenters. The largest absolute Gasteiger partial charge is 0.495 e. The zero-order valence-electron chi connectivity index (χ0n) is 9.89. The fourth-order valence-corrected chi connectivity index (χ4v) is 3.34. The molecule has 0 aliphatic heterocycles. The lowest BCUT2D eigenvalue weighted by molar-refractivity contribution is 0.179. The lowest BCUT2D eigenvalue weighted by Crippen LogP contribution is -2.06. The topological polar surface area (TPSA) is 55.5 Å². The maximum atomic E-state index is 10.3. The van der Waals surface area contributed by atoms with Gasteiger partial charge in [-0.15, -0.1) is 11.3 Å². The molecular formula is C13H14BrNO2S. The molecule has 3 nitrogen and oxygen atoms in total. The van der Waals surface area contributed by atoms with Crippen molar-refractivity contribution in [3.63, 3.8) is 0 Å². The number of rotatable bonds is 4. The number of hydrogen-bond donors (Lipinski definition) is 2. The number of nitrogens with two attached hydrogens (primary N) is 1. The van der Waals surface area contributed by atoms with E-state index in [9.17, 15) is 5.11 Å². The van der Waals surface area contributed by atoms with Crippen LogP contribution in [0.4, 0.5) is 5.69 Å². The number of thiophene rings is 1. The van der Waals surface area contributed by atoms with Gasteiger partial charge in [0.1, 0.15) is 5.75 Å². The molecule has 1 unspecified atom stereocenters. The van der Waals surface area contributed by atoms with Crippen molar-refractivity contribution < 1.29 is 9.84 Å². The Morgan fingerprint density at radius 1 is 1.44 bits per heavy atom. The summed E-state index contributed by atoms with van der Waals surface area (Å²) in [6.07, 6.45) is -0.0923. The molecule has 1 aromatic heterocycles. The van der Waals surface area contributed by atoms with Crippen LogP contribution in [-0.2, 0) is 6.42 Å². The van der Waals surface area contributed by atoms with E-state index in [2.05, 4.69) is 15.9 Å².